The zero-order chi connectivity index (χ0) is 19.6. The standard InChI is InChI=1S/C21H17FN4O2/c1-11-5-12(2)7-14(6-11)26-19-16(10-23-26)21(9-18(27)25-19)15-8-13(22)3-4-17(15)24-20(21)28/h3-8,10H,9H2,1-2H3,(H,24,28)(H,25,27)/t21-/m1/s1. The highest BCUT2D eigenvalue weighted by Gasteiger charge is 2.54. The van der Waals surface area contributed by atoms with Gasteiger partial charge in [-0.05, 0) is 60.9 Å². The maximum Gasteiger partial charge on any atom is 0.240 e. The number of nitrogens with zero attached hydrogens (tertiary/aromatic N) is 2. The summed E-state index contributed by atoms with van der Waals surface area (Å²) in [5, 5.41) is 10.1. The molecule has 0 aliphatic carbocycles. The van der Waals surface area contributed by atoms with Crippen LogP contribution in [0.2, 0.25) is 0 Å². The van der Waals surface area contributed by atoms with Gasteiger partial charge in [-0.25, -0.2) is 9.07 Å². The largest absolute Gasteiger partial charge is 0.325 e. The lowest BCUT2D eigenvalue weighted by atomic mass is 9.72. The van der Waals surface area contributed by atoms with E-state index in [4.69, 9.17) is 0 Å². The lowest BCUT2D eigenvalue weighted by Gasteiger charge is -2.31. The van der Waals surface area contributed by atoms with Crippen molar-refractivity contribution in [2.45, 2.75) is 25.7 Å². The second kappa shape index (κ2) is 5.51. The number of halogens is 1. The van der Waals surface area contributed by atoms with Gasteiger partial charge in [0.05, 0.1) is 11.9 Å². The Bertz CT molecular complexity index is 1160. The first-order valence-electron chi connectivity index (χ1n) is 8.97. The Kier molecular flexibility index (Phi) is 3.28. The number of amides is 2. The van der Waals surface area contributed by atoms with E-state index in [9.17, 15) is 14.0 Å². The molecule has 0 bridgehead atoms. The number of anilines is 2. The quantitative estimate of drug-likeness (QED) is 0.685. The van der Waals surface area contributed by atoms with Crippen molar-refractivity contribution in [1.29, 1.82) is 0 Å². The number of hydrogen-bond acceptors (Lipinski definition) is 3. The predicted octanol–water partition coefficient (Wildman–Crippen LogP) is 3.21. The predicted molar refractivity (Wildman–Crippen MR) is 102 cm³/mol. The Morgan fingerprint density at radius 3 is 2.54 bits per heavy atom. The molecule has 0 radical (unpaired) electrons. The zero-order valence-corrected chi connectivity index (χ0v) is 15.3. The smallest absolute Gasteiger partial charge is 0.240 e. The van der Waals surface area contributed by atoms with Crippen molar-refractivity contribution < 1.29 is 14.0 Å². The van der Waals surface area contributed by atoms with Gasteiger partial charge in [0.25, 0.3) is 0 Å². The Morgan fingerprint density at radius 2 is 1.79 bits per heavy atom. The Morgan fingerprint density at radius 1 is 1.04 bits per heavy atom. The fourth-order valence-electron chi connectivity index (χ4n) is 4.33. The number of aryl methyl sites for hydroxylation is 2. The van der Waals surface area contributed by atoms with Crippen molar-refractivity contribution in [1.82, 2.24) is 9.78 Å². The average Bonchev–Trinajstić information content (AvgIpc) is 3.15. The van der Waals surface area contributed by atoms with Crippen molar-refractivity contribution in [2.75, 3.05) is 10.6 Å². The maximum atomic E-state index is 14.0. The van der Waals surface area contributed by atoms with E-state index in [1.54, 1.807) is 10.9 Å². The van der Waals surface area contributed by atoms with E-state index in [2.05, 4.69) is 15.7 Å². The van der Waals surface area contributed by atoms with Gasteiger partial charge in [-0.1, -0.05) is 6.07 Å². The Hall–Kier alpha value is -3.48. The maximum absolute atomic E-state index is 14.0. The summed E-state index contributed by atoms with van der Waals surface area (Å²) in [4.78, 5) is 25.6. The third kappa shape index (κ3) is 2.16. The topological polar surface area (TPSA) is 76.0 Å². The molecule has 3 aromatic rings. The van der Waals surface area contributed by atoms with E-state index in [1.165, 1.54) is 18.2 Å². The molecule has 2 amide bonds. The van der Waals surface area contributed by atoms with Crippen LogP contribution in [0, 0.1) is 19.7 Å². The summed E-state index contributed by atoms with van der Waals surface area (Å²) in [5.74, 6) is -0.674. The van der Waals surface area contributed by atoms with Gasteiger partial charge >= 0.3 is 0 Å². The van der Waals surface area contributed by atoms with Crippen LogP contribution in [0.4, 0.5) is 15.9 Å². The monoisotopic (exact) mass is 376 g/mol. The van der Waals surface area contributed by atoms with Crippen LogP contribution in [-0.2, 0) is 15.0 Å². The zero-order valence-electron chi connectivity index (χ0n) is 15.3. The van der Waals surface area contributed by atoms with Crippen LogP contribution in [0.5, 0.6) is 0 Å². The molecule has 2 aliphatic heterocycles. The molecule has 3 heterocycles. The lowest BCUT2D eigenvalue weighted by molar-refractivity contribution is -0.125. The number of carbonyl (C=O) groups excluding carboxylic acids is 2. The Balaban J connectivity index is 1.77. The number of carbonyl (C=O) groups is 2. The van der Waals surface area contributed by atoms with Crippen LogP contribution in [0.25, 0.3) is 5.69 Å². The minimum atomic E-state index is -1.29. The molecule has 0 saturated heterocycles. The van der Waals surface area contributed by atoms with Gasteiger partial charge in [-0.15, -0.1) is 0 Å². The third-order valence-electron chi connectivity index (χ3n) is 5.44. The molecule has 0 fully saturated rings. The van der Waals surface area contributed by atoms with Gasteiger partial charge in [-0.2, -0.15) is 5.10 Å². The number of rotatable bonds is 1. The highest BCUT2D eigenvalue weighted by molar-refractivity contribution is 6.14. The molecule has 2 N–H and O–H groups in total. The number of aromatic nitrogens is 2. The van der Waals surface area contributed by atoms with Crippen LogP contribution < -0.4 is 10.6 Å². The molecule has 2 aliphatic rings. The number of benzene rings is 2. The average molecular weight is 376 g/mol. The summed E-state index contributed by atoms with van der Waals surface area (Å²) < 4.78 is 15.6. The first kappa shape index (κ1) is 16.7. The van der Waals surface area contributed by atoms with Gasteiger partial charge in [0.15, 0.2) is 0 Å². The molecule has 6 nitrogen and oxygen atoms in total. The minimum absolute atomic E-state index is 0.0964. The van der Waals surface area contributed by atoms with Crippen LogP contribution in [-0.4, -0.2) is 21.6 Å². The lowest BCUT2D eigenvalue weighted by Crippen LogP contribution is -2.43. The summed E-state index contributed by atoms with van der Waals surface area (Å²) in [6, 6.07) is 10.1. The molecule has 140 valence electrons. The second-order valence-electron chi connectivity index (χ2n) is 7.44. The van der Waals surface area contributed by atoms with E-state index < -0.39 is 11.2 Å². The van der Waals surface area contributed by atoms with E-state index in [0.29, 0.717) is 22.6 Å². The molecule has 7 heteroatoms. The van der Waals surface area contributed by atoms with E-state index in [0.717, 1.165) is 16.8 Å². The fraction of sp³-hybridized carbons (Fsp3) is 0.190. The molecular weight excluding hydrogens is 359 g/mol. The highest BCUT2D eigenvalue weighted by atomic mass is 19.1. The molecule has 0 unspecified atom stereocenters. The van der Waals surface area contributed by atoms with Crippen LogP contribution in [0.1, 0.15) is 28.7 Å². The van der Waals surface area contributed by atoms with Crippen LogP contribution >= 0.6 is 0 Å². The molecular formula is C21H17FN4O2. The highest BCUT2D eigenvalue weighted by Crippen LogP contribution is 2.50. The van der Waals surface area contributed by atoms with Gasteiger partial charge in [-0.3, -0.25) is 9.59 Å². The summed E-state index contributed by atoms with van der Waals surface area (Å²) in [6.07, 6.45) is 1.49. The molecule has 0 saturated carbocycles. The first-order valence-corrected chi connectivity index (χ1v) is 8.97. The second-order valence-corrected chi connectivity index (χ2v) is 7.44. The molecule has 5 rings (SSSR count). The minimum Gasteiger partial charge on any atom is -0.325 e. The summed E-state index contributed by atoms with van der Waals surface area (Å²) in [6.45, 7) is 3.96. The van der Waals surface area contributed by atoms with Gasteiger partial charge in [0, 0.05) is 17.7 Å². The van der Waals surface area contributed by atoms with Crippen molar-refractivity contribution >= 4 is 23.3 Å². The van der Waals surface area contributed by atoms with E-state index in [-0.39, 0.29) is 18.2 Å². The van der Waals surface area contributed by atoms with Crippen molar-refractivity contribution in [2.24, 2.45) is 0 Å². The summed E-state index contributed by atoms with van der Waals surface area (Å²) in [7, 11) is 0. The normalized spacial score (nSPS) is 20.0. The fourth-order valence-corrected chi connectivity index (χ4v) is 4.33. The van der Waals surface area contributed by atoms with Gasteiger partial charge < -0.3 is 10.6 Å². The van der Waals surface area contributed by atoms with Crippen molar-refractivity contribution in [3.05, 3.63) is 70.7 Å². The number of nitrogens with one attached hydrogen (secondary N) is 2. The van der Waals surface area contributed by atoms with E-state index in [1.807, 2.05) is 32.0 Å². The van der Waals surface area contributed by atoms with Gasteiger partial charge in [0.2, 0.25) is 11.8 Å². The summed E-state index contributed by atoms with van der Waals surface area (Å²) in [5.41, 5.74) is 3.16. The molecule has 1 atom stereocenters. The molecule has 2 aromatic carbocycles. The molecule has 28 heavy (non-hydrogen) atoms. The summed E-state index contributed by atoms with van der Waals surface area (Å²) >= 11 is 0. The number of fused-ring (bicyclic) bond motifs is 4. The molecule has 1 spiro atoms. The first-order chi connectivity index (χ1) is 13.4. The van der Waals surface area contributed by atoms with Crippen molar-refractivity contribution in [3.8, 4) is 5.69 Å². The third-order valence-corrected chi connectivity index (χ3v) is 5.44. The SMILES string of the molecule is Cc1cc(C)cc(-n2ncc3c2NC(=O)C[C@]32C(=O)Nc3ccc(F)cc32)c1. The van der Waals surface area contributed by atoms with Gasteiger partial charge in [0.1, 0.15) is 17.1 Å². The van der Waals surface area contributed by atoms with Crippen LogP contribution in [0.3, 0.4) is 0 Å². The Labute approximate surface area is 160 Å². The van der Waals surface area contributed by atoms with E-state index >= 15 is 0 Å². The van der Waals surface area contributed by atoms with Crippen LogP contribution in [0.15, 0.2) is 42.6 Å². The number of hydrogen-bond donors (Lipinski definition) is 2. The van der Waals surface area contributed by atoms with Crippen molar-refractivity contribution in [3.63, 3.8) is 0 Å². The molecule has 1 aromatic heterocycles.